The van der Waals surface area contributed by atoms with Crippen molar-refractivity contribution < 1.29 is 19.0 Å². The number of nitrogens with one attached hydrogen (secondary N) is 1. The zero-order chi connectivity index (χ0) is 20.5. The van der Waals surface area contributed by atoms with Crippen LogP contribution in [-0.4, -0.2) is 25.7 Å². The quantitative estimate of drug-likeness (QED) is 0.476. The second-order valence-corrected chi connectivity index (χ2v) is 6.50. The third-order valence-corrected chi connectivity index (χ3v) is 4.18. The first-order chi connectivity index (χ1) is 14.2. The van der Waals surface area contributed by atoms with E-state index < -0.39 is 0 Å². The molecule has 0 bridgehead atoms. The van der Waals surface area contributed by atoms with E-state index in [9.17, 15) is 4.79 Å². The molecule has 0 fully saturated rings. The van der Waals surface area contributed by atoms with E-state index in [0.717, 1.165) is 5.75 Å². The van der Waals surface area contributed by atoms with Gasteiger partial charge in [-0.2, -0.15) is 0 Å². The highest BCUT2D eigenvalue weighted by molar-refractivity contribution is 6.31. The first-order valence-electron chi connectivity index (χ1n) is 9.30. The summed E-state index contributed by atoms with van der Waals surface area (Å²) in [6, 6.07) is 21.6. The molecule has 0 aliphatic rings. The number of benzene rings is 3. The predicted octanol–water partition coefficient (Wildman–Crippen LogP) is 5.45. The van der Waals surface area contributed by atoms with E-state index in [4.69, 9.17) is 25.8 Å². The third-order valence-electron chi connectivity index (χ3n) is 3.95. The van der Waals surface area contributed by atoms with Gasteiger partial charge >= 0.3 is 0 Å². The lowest BCUT2D eigenvalue weighted by atomic mass is 10.2. The fraction of sp³-hybridized carbons (Fsp3) is 0.174. The van der Waals surface area contributed by atoms with Gasteiger partial charge < -0.3 is 19.5 Å². The number of amides is 1. The van der Waals surface area contributed by atoms with E-state index in [2.05, 4.69) is 5.32 Å². The topological polar surface area (TPSA) is 56.8 Å². The van der Waals surface area contributed by atoms with Gasteiger partial charge in [-0.25, -0.2) is 0 Å². The van der Waals surface area contributed by atoms with Crippen LogP contribution in [0.3, 0.4) is 0 Å². The van der Waals surface area contributed by atoms with Gasteiger partial charge in [0.05, 0.1) is 12.3 Å². The van der Waals surface area contributed by atoms with Crippen LogP contribution >= 0.6 is 11.6 Å². The van der Waals surface area contributed by atoms with Gasteiger partial charge in [-0.05, 0) is 55.5 Å². The minimum atomic E-state index is -0.279. The summed E-state index contributed by atoms with van der Waals surface area (Å²) in [4.78, 5) is 12.7. The normalized spacial score (nSPS) is 10.3. The van der Waals surface area contributed by atoms with Crippen LogP contribution in [0.2, 0.25) is 5.02 Å². The van der Waals surface area contributed by atoms with Crippen LogP contribution in [-0.2, 0) is 0 Å². The summed E-state index contributed by atoms with van der Waals surface area (Å²) in [6.45, 7) is 3.13. The molecule has 150 valence electrons. The Morgan fingerprint density at radius 3 is 2.34 bits per heavy atom. The molecule has 0 saturated carbocycles. The van der Waals surface area contributed by atoms with Crippen molar-refractivity contribution in [2.24, 2.45) is 0 Å². The summed E-state index contributed by atoms with van der Waals surface area (Å²) < 4.78 is 16.8. The van der Waals surface area contributed by atoms with E-state index in [1.165, 1.54) is 0 Å². The summed E-state index contributed by atoms with van der Waals surface area (Å²) in [5.41, 5.74) is 0.987. The molecule has 0 saturated heterocycles. The molecule has 6 heteroatoms. The number of anilines is 1. The highest BCUT2D eigenvalue weighted by Crippen LogP contribution is 2.28. The fourth-order valence-electron chi connectivity index (χ4n) is 2.64. The molecular formula is C23H22ClNO4. The van der Waals surface area contributed by atoms with E-state index in [-0.39, 0.29) is 5.91 Å². The van der Waals surface area contributed by atoms with Crippen LogP contribution in [0.1, 0.15) is 17.3 Å². The molecule has 3 aromatic carbocycles. The molecule has 0 atom stereocenters. The van der Waals surface area contributed by atoms with E-state index in [1.54, 1.807) is 42.5 Å². The van der Waals surface area contributed by atoms with Gasteiger partial charge in [0.15, 0.2) is 0 Å². The van der Waals surface area contributed by atoms with Crippen LogP contribution in [0, 0.1) is 0 Å². The van der Waals surface area contributed by atoms with Gasteiger partial charge in [-0.15, -0.1) is 0 Å². The highest BCUT2D eigenvalue weighted by atomic mass is 35.5. The zero-order valence-corrected chi connectivity index (χ0v) is 16.8. The fourth-order valence-corrected chi connectivity index (χ4v) is 2.81. The van der Waals surface area contributed by atoms with Crippen LogP contribution in [0.4, 0.5) is 5.69 Å². The number of carbonyl (C=O) groups excluding carboxylic acids is 1. The van der Waals surface area contributed by atoms with Gasteiger partial charge in [0.2, 0.25) is 0 Å². The van der Waals surface area contributed by atoms with Gasteiger partial charge in [-0.3, -0.25) is 4.79 Å². The number of halogens is 1. The minimum Gasteiger partial charge on any atom is -0.492 e. The standard InChI is InChI=1S/C23H22ClNO4/c1-2-27-22-12-11-18(24)16-21(22)25-23(26)17-7-6-10-20(15-17)29-14-13-28-19-8-4-3-5-9-19/h3-12,15-16H,2,13-14H2,1H3,(H,25,26). The van der Waals surface area contributed by atoms with Gasteiger partial charge in [0.25, 0.3) is 5.91 Å². The second-order valence-electron chi connectivity index (χ2n) is 6.07. The maximum atomic E-state index is 12.7. The Morgan fingerprint density at radius 2 is 1.59 bits per heavy atom. The average molecular weight is 412 g/mol. The average Bonchev–Trinajstić information content (AvgIpc) is 2.74. The molecular weight excluding hydrogens is 390 g/mol. The smallest absolute Gasteiger partial charge is 0.255 e. The third kappa shape index (κ3) is 6.16. The molecule has 0 radical (unpaired) electrons. The first kappa shape index (κ1) is 20.6. The molecule has 0 aliphatic heterocycles. The number of ether oxygens (including phenoxy) is 3. The molecule has 3 rings (SSSR count). The first-order valence-corrected chi connectivity index (χ1v) is 9.68. The molecule has 5 nitrogen and oxygen atoms in total. The lowest BCUT2D eigenvalue weighted by molar-refractivity contribution is 0.102. The van der Waals surface area contributed by atoms with E-state index in [0.29, 0.717) is 47.6 Å². The van der Waals surface area contributed by atoms with Crippen molar-refractivity contribution >= 4 is 23.2 Å². The lowest BCUT2D eigenvalue weighted by Gasteiger charge is -2.13. The van der Waals surface area contributed by atoms with Crippen molar-refractivity contribution in [1.82, 2.24) is 0 Å². The number of para-hydroxylation sites is 1. The Hall–Kier alpha value is -3.18. The molecule has 29 heavy (non-hydrogen) atoms. The number of rotatable bonds is 9. The number of hydrogen-bond donors (Lipinski definition) is 1. The molecule has 0 aliphatic carbocycles. The summed E-state index contributed by atoms with van der Waals surface area (Å²) >= 11 is 6.05. The van der Waals surface area contributed by atoms with E-state index in [1.807, 2.05) is 37.3 Å². The van der Waals surface area contributed by atoms with Gasteiger partial charge in [0.1, 0.15) is 30.5 Å². The van der Waals surface area contributed by atoms with Crippen molar-refractivity contribution in [3.63, 3.8) is 0 Å². The summed E-state index contributed by atoms with van der Waals surface area (Å²) in [7, 11) is 0. The van der Waals surface area contributed by atoms with Crippen LogP contribution in [0.15, 0.2) is 72.8 Å². The molecule has 0 heterocycles. The summed E-state index contributed by atoms with van der Waals surface area (Å²) in [5.74, 6) is 1.66. The van der Waals surface area contributed by atoms with Crippen molar-refractivity contribution in [2.45, 2.75) is 6.92 Å². The van der Waals surface area contributed by atoms with Crippen molar-refractivity contribution in [3.8, 4) is 17.2 Å². The summed E-state index contributed by atoms with van der Waals surface area (Å²) in [6.07, 6.45) is 0. The van der Waals surface area contributed by atoms with Crippen molar-refractivity contribution in [3.05, 3.63) is 83.4 Å². The maximum Gasteiger partial charge on any atom is 0.255 e. The Kier molecular flexibility index (Phi) is 7.36. The second kappa shape index (κ2) is 10.4. The van der Waals surface area contributed by atoms with Gasteiger partial charge in [-0.1, -0.05) is 35.9 Å². The largest absolute Gasteiger partial charge is 0.492 e. The lowest BCUT2D eigenvalue weighted by Crippen LogP contribution is -2.14. The van der Waals surface area contributed by atoms with E-state index >= 15 is 0 Å². The van der Waals surface area contributed by atoms with Crippen LogP contribution < -0.4 is 19.5 Å². The minimum absolute atomic E-state index is 0.279. The highest BCUT2D eigenvalue weighted by Gasteiger charge is 2.11. The predicted molar refractivity (Wildman–Crippen MR) is 114 cm³/mol. The van der Waals surface area contributed by atoms with Gasteiger partial charge in [0, 0.05) is 10.6 Å². The molecule has 1 amide bonds. The molecule has 0 spiro atoms. The van der Waals surface area contributed by atoms with Crippen LogP contribution in [0.25, 0.3) is 0 Å². The van der Waals surface area contributed by atoms with Crippen molar-refractivity contribution in [1.29, 1.82) is 0 Å². The number of carbonyl (C=O) groups is 1. The molecule has 0 aromatic heterocycles. The Balaban J connectivity index is 1.59. The number of hydrogen-bond acceptors (Lipinski definition) is 4. The Morgan fingerprint density at radius 1 is 0.862 bits per heavy atom. The summed E-state index contributed by atoms with van der Waals surface area (Å²) in [5, 5.41) is 3.35. The monoisotopic (exact) mass is 411 g/mol. The molecule has 0 unspecified atom stereocenters. The molecule has 1 N–H and O–H groups in total. The zero-order valence-electron chi connectivity index (χ0n) is 16.1. The van der Waals surface area contributed by atoms with Crippen molar-refractivity contribution in [2.75, 3.05) is 25.1 Å². The Labute approximate surface area is 175 Å². The molecule has 3 aromatic rings. The SMILES string of the molecule is CCOc1ccc(Cl)cc1NC(=O)c1cccc(OCCOc2ccccc2)c1. The van der Waals surface area contributed by atoms with Crippen LogP contribution in [0.5, 0.6) is 17.2 Å². The Bertz CT molecular complexity index is 947. The maximum absolute atomic E-state index is 12.7.